The molecule has 4 heteroatoms. The van der Waals surface area contributed by atoms with Gasteiger partial charge in [-0.25, -0.2) is 4.98 Å². The monoisotopic (exact) mass is 297 g/mol. The molecule has 3 nitrogen and oxygen atoms in total. The zero-order valence-electron chi connectivity index (χ0n) is 11.7. The molecule has 0 N–H and O–H groups in total. The maximum absolute atomic E-state index is 11.7. The van der Waals surface area contributed by atoms with Crippen molar-refractivity contribution in [1.82, 2.24) is 4.98 Å². The second-order valence-electron chi connectivity index (χ2n) is 4.71. The molecule has 2 aromatic carbocycles. The minimum Gasteiger partial charge on any atom is -0.426 e. The molecule has 1 heterocycles. The van der Waals surface area contributed by atoms with Gasteiger partial charge >= 0.3 is 5.97 Å². The average Bonchev–Trinajstić information content (AvgIpc) is 2.91. The number of esters is 1. The molecule has 3 rings (SSSR count). The fourth-order valence-corrected chi connectivity index (χ4v) is 3.09. The molecule has 21 heavy (non-hydrogen) atoms. The van der Waals surface area contributed by atoms with Crippen LogP contribution in [0.25, 0.3) is 20.8 Å². The number of benzene rings is 2. The van der Waals surface area contributed by atoms with E-state index in [1.165, 1.54) is 0 Å². The van der Waals surface area contributed by atoms with E-state index in [-0.39, 0.29) is 5.97 Å². The number of ether oxygens (including phenoxy) is 1. The van der Waals surface area contributed by atoms with Crippen LogP contribution in [-0.4, -0.2) is 11.0 Å². The molecule has 0 unspecified atom stereocenters. The van der Waals surface area contributed by atoms with Crippen molar-refractivity contribution in [2.75, 3.05) is 0 Å². The van der Waals surface area contributed by atoms with Gasteiger partial charge in [0.15, 0.2) is 0 Å². The number of carbonyl (C=O) groups is 1. The molecule has 0 saturated carbocycles. The van der Waals surface area contributed by atoms with Crippen molar-refractivity contribution in [3.05, 3.63) is 48.5 Å². The van der Waals surface area contributed by atoms with E-state index >= 15 is 0 Å². The first-order valence-corrected chi connectivity index (χ1v) is 7.75. The summed E-state index contributed by atoms with van der Waals surface area (Å²) in [6, 6.07) is 15.5. The van der Waals surface area contributed by atoms with Crippen LogP contribution in [0.3, 0.4) is 0 Å². The van der Waals surface area contributed by atoms with E-state index in [1.54, 1.807) is 11.3 Å². The molecule has 0 aliphatic heterocycles. The Labute approximate surface area is 127 Å². The van der Waals surface area contributed by atoms with Gasteiger partial charge in [0.25, 0.3) is 0 Å². The lowest BCUT2D eigenvalue weighted by Crippen LogP contribution is -2.07. The maximum atomic E-state index is 11.7. The number of rotatable bonds is 4. The first-order chi connectivity index (χ1) is 10.3. The summed E-state index contributed by atoms with van der Waals surface area (Å²) in [4.78, 5) is 16.4. The smallest absolute Gasteiger partial charge is 0.311 e. The van der Waals surface area contributed by atoms with Crippen LogP contribution in [0.15, 0.2) is 48.5 Å². The maximum Gasteiger partial charge on any atom is 0.311 e. The van der Waals surface area contributed by atoms with Gasteiger partial charge in [-0.15, -0.1) is 11.3 Å². The van der Waals surface area contributed by atoms with E-state index in [9.17, 15) is 4.79 Å². The van der Waals surface area contributed by atoms with E-state index < -0.39 is 0 Å². The van der Waals surface area contributed by atoms with Crippen LogP contribution in [0, 0.1) is 0 Å². The van der Waals surface area contributed by atoms with Crippen LogP contribution in [-0.2, 0) is 4.79 Å². The summed E-state index contributed by atoms with van der Waals surface area (Å²) in [6.45, 7) is 1.96. The predicted octanol–water partition coefficient (Wildman–Crippen LogP) is 4.67. The highest BCUT2D eigenvalue weighted by Crippen LogP contribution is 2.35. The van der Waals surface area contributed by atoms with Gasteiger partial charge < -0.3 is 4.74 Å². The molecule has 0 radical (unpaired) electrons. The SMILES string of the molecule is CCCC(=O)Oc1ccccc1-c1nc2ccccc2s1. The Balaban J connectivity index is 1.99. The number of fused-ring (bicyclic) bond motifs is 1. The van der Waals surface area contributed by atoms with Gasteiger partial charge in [0.2, 0.25) is 0 Å². The van der Waals surface area contributed by atoms with E-state index in [2.05, 4.69) is 4.98 Å². The van der Waals surface area contributed by atoms with Crippen LogP contribution in [0.2, 0.25) is 0 Å². The van der Waals surface area contributed by atoms with Crippen molar-refractivity contribution in [3.63, 3.8) is 0 Å². The van der Waals surface area contributed by atoms with Crippen LogP contribution in [0.4, 0.5) is 0 Å². The molecule has 3 aromatic rings. The average molecular weight is 297 g/mol. The van der Waals surface area contributed by atoms with Gasteiger partial charge in [0, 0.05) is 6.42 Å². The minimum absolute atomic E-state index is 0.203. The topological polar surface area (TPSA) is 39.2 Å². The molecule has 0 aliphatic carbocycles. The lowest BCUT2D eigenvalue weighted by atomic mass is 10.2. The van der Waals surface area contributed by atoms with Gasteiger partial charge in [0.1, 0.15) is 10.8 Å². The van der Waals surface area contributed by atoms with E-state index in [0.717, 1.165) is 27.2 Å². The van der Waals surface area contributed by atoms with Crippen LogP contribution >= 0.6 is 11.3 Å². The van der Waals surface area contributed by atoms with Gasteiger partial charge in [-0.1, -0.05) is 31.2 Å². The third-order valence-electron chi connectivity index (χ3n) is 3.09. The van der Waals surface area contributed by atoms with Crippen molar-refractivity contribution < 1.29 is 9.53 Å². The van der Waals surface area contributed by atoms with Crippen molar-refractivity contribution in [3.8, 4) is 16.3 Å². The number of thiazole rings is 1. The van der Waals surface area contributed by atoms with E-state index in [0.29, 0.717) is 12.2 Å². The molecular weight excluding hydrogens is 282 g/mol. The molecule has 0 aliphatic rings. The largest absolute Gasteiger partial charge is 0.426 e. The summed E-state index contributed by atoms with van der Waals surface area (Å²) in [6.07, 6.45) is 1.20. The van der Waals surface area contributed by atoms with Gasteiger partial charge in [-0.3, -0.25) is 4.79 Å². The number of para-hydroxylation sites is 2. The van der Waals surface area contributed by atoms with Crippen LogP contribution in [0.5, 0.6) is 5.75 Å². The fourth-order valence-electron chi connectivity index (χ4n) is 2.10. The quantitative estimate of drug-likeness (QED) is 0.519. The molecule has 0 atom stereocenters. The molecule has 0 amide bonds. The molecule has 0 fully saturated rings. The first kappa shape index (κ1) is 13.8. The molecule has 0 bridgehead atoms. The number of hydrogen-bond donors (Lipinski definition) is 0. The second-order valence-corrected chi connectivity index (χ2v) is 5.74. The van der Waals surface area contributed by atoms with E-state index in [1.807, 2.05) is 55.5 Å². The van der Waals surface area contributed by atoms with E-state index in [4.69, 9.17) is 4.74 Å². The zero-order valence-corrected chi connectivity index (χ0v) is 12.5. The first-order valence-electron chi connectivity index (χ1n) is 6.93. The summed E-state index contributed by atoms with van der Waals surface area (Å²) in [5.74, 6) is 0.376. The summed E-state index contributed by atoms with van der Waals surface area (Å²) in [5.41, 5.74) is 1.83. The molecular formula is C17H15NO2S. The number of aromatic nitrogens is 1. The Kier molecular flexibility index (Phi) is 3.97. The fraction of sp³-hybridized carbons (Fsp3) is 0.176. The zero-order chi connectivity index (χ0) is 14.7. The van der Waals surface area contributed by atoms with Crippen molar-refractivity contribution in [2.45, 2.75) is 19.8 Å². The summed E-state index contributed by atoms with van der Waals surface area (Å²) in [5, 5.41) is 0.871. The molecule has 0 saturated heterocycles. The lowest BCUT2D eigenvalue weighted by Gasteiger charge is -2.07. The van der Waals surface area contributed by atoms with Crippen molar-refractivity contribution >= 4 is 27.5 Å². The Morgan fingerprint density at radius 2 is 1.90 bits per heavy atom. The third-order valence-corrected chi connectivity index (χ3v) is 4.16. The summed E-state index contributed by atoms with van der Waals surface area (Å²) in [7, 11) is 0. The Hall–Kier alpha value is -2.20. The summed E-state index contributed by atoms with van der Waals surface area (Å²) < 4.78 is 6.59. The van der Waals surface area contributed by atoms with Crippen molar-refractivity contribution in [1.29, 1.82) is 0 Å². The Morgan fingerprint density at radius 1 is 1.14 bits per heavy atom. The van der Waals surface area contributed by atoms with Gasteiger partial charge in [-0.05, 0) is 30.7 Å². The lowest BCUT2D eigenvalue weighted by molar-refractivity contribution is -0.134. The Bertz CT molecular complexity index is 746. The normalized spacial score (nSPS) is 10.7. The van der Waals surface area contributed by atoms with Crippen molar-refractivity contribution in [2.24, 2.45) is 0 Å². The standard InChI is InChI=1S/C17H15NO2S/c1-2-7-16(19)20-14-10-5-3-8-12(14)17-18-13-9-4-6-11-15(13)21-17/h3-6,8-11H,2,7H2,1H3. The molecule has 1 aromatic heterocycles. The number of nitrogens with zero attached hydrogens (tertiary/aromatic N) is 1. The third kappa shape index (κ3) is 2.95. The second kappa shape index (κ2) is 6.06. The number of hydrogen-bond acceptors (Lipinski definition) is 4. The Morgan fingerprint density at radius 3 is 2.71 bits per heavy atom. The highest BCUT2D eigenvalue weighted by atomic mass is 32.1. The van der Waals surface area contributed by atoms with Gasteiger partial charge in [0.05, 0.1) is 15.8 Å². The van der Waals surface area contributed by atoms with Crippen LogP contribution < -0.4 is 4.74 Å². The number of carbonyl (C=O) groups excluding carboxylic acids is 1. The molecule has 0 spiro atoms. The highest BCUT2D eigenvalue weighted by molar-refractivity contribution is 7.21. The van der Waals surface area contributed by atoms with Gasteiger partial charge in [-0.2, -0.15) is 0 Å². The highest BCUT2D eigenvalue weighted by Gasteiger charge is 2.13. The predicted molar refractivity (Wildman–Crippen MR) is 85.6 cm³/mol. The minimum atomic E-state index is -0.203. The molecule has 106 valence electrons. The van der Waals surface area contributed by atoms with Crippen LogP contribution in [0.1, 0.15) is 19.8 Å². The summed E-state index contributed by atoms with van der Waals surface area (Å²) >= 11 is 1.60.